The summed E-state index contributed by atoms with van der Waals surface area (Å²) < 4.78 is 6.43. The van der Waals surface area contributed by atoms with Crippen LogP contribution in [0.4, 0.5) is 17.2 Å². The molecule has 0 atom stereocenters. The Hall–Kier alpha value is -2.50. The Morgan fingerprint density at radius 1 is 1.47 bits per heavy atom. The minimum absolute atomic E-state index is 0.333. The van der Waals surface area contributed by atoms with Gasteiger partial charge in [-0.15, -0.1) is 0 Å². The molecule has 0 aliphatic carbocycles. The molecule has 0 saturated carbocycles. The van der Waals surface area contributed by atoms with Crippen molar-refractivity contribution in [1.82, 2.24) is 9.78 Å². The van der Waals surface area contributed by atoms with Crippen molar-refractivity contribution < 1.29 is 9.53 Å². The van der Waals surface area contributed by atoms with Crippen LogP contribution in [0.5, 0.6) is 0 Å². The van der Waals surface area contributed by atoms with Gasteiger partial charge in [-0.05, 0) is 19.1 Å². The number of para-hydroxylation sites is 1. The summed E-state index contributed by atoms with van der Waals surface area (Å²) in [6.45, 7) is 1.95. The molecule has 0 radical (unpaired) electrons. The highest BCUT2D eigenvalue weighted by Gasteiger charge is 2.13. The van der Waals surface area contributed by atoms with Crippen LogP contribution in [-0.2, 0) is 11.8 Å². The van der Waals surface area contributed by atoms with Crippen molar-refractivity contribution in [3.63, 3.8) is 0 Å². The van der Waals surface area contributed by atoms with E-state index in [1.165, 1.54) is 7.11 Å². The van der Waals surface area contributed by atoms with E-state index in [1.807, 2.05) is 20.0 Å². The molecule has 0 spiro atoms. The number of benzene rings is 1. The van der Waals surface area contributed by atoms with E-state index in [4.69, 9.17) is 5.73 Å². The Balaban J connectivity index is 2.33. The summed E-state index contributed by atoms with van der Waals surface area (Å²) in [5, 5.41) is 7.36. The molecule has 6 nitrogen and oxygen atoms in total. The molecule has 0 aliphatic rings. The van der Waals surface area contributed by atoms with Gasteiger partial charge >= 0.3 is 5.97 Å². The number of nitrogens with zero attached hydrogens (tertiary/aromatic N) is 2. The van der Waals surface area contributed by atoms with E-state index in [2.05, 4.69) is 15.2 Å². The summed E-state index contributed by atoms with van der Waals surface area (Å²) in [5.74, 6) is 0.215. The molecule has 2 rings (SSSR count). The normalized spacial score (nSPS) is 10.3. The fourth-order valence-electron chi connectivity index (χ4n) is 1.72. The molecule has 0 saturated heterocycles. The number of nitrogen functional groups attached to an aromatic ring is 1. The predicted octanol–water partition coefficient (Wildman–Crippen LogP) is 1.84. The lowest BCUT2D eigenvalue weighted by atomic mass is 10.1. The Kier molecular flexibility index (Phi) is 3.41. The van der Waals surface area contributed by atoms with Gasteiger partial charge in [0, 0.05) is 18.8 Å². The van der Waals surface area contributed by atoms with Crippen LogP contribution in [0.25, 0.3) is 0 Å². The third-order valence-electron chi connectivity index (χ3n) is 2.89. The number of methoxy groups -OCH3 is 1. The van der Waals surface area contributed by atoms with Gasteiger partial charge in [0.15, 0.2) is 5.82 Å². The number of ether oxygens (including phenoxy) is 1. The summed E-state index contributed by atoms with van der Waals surface area (Å²) in [7, 11) is 3.18. The van der Waals surface area contributed by atoms with Gasteiger partial charge in [0.2, 0.25) is 0 Å². The van der Waals surface area contributed by atoms with Crippen molar-refractivity contribution in [1.29, 1.82) is 0 Å². The molecule has 1 aromatic heterocycles. The average Bonchev–Trinajstić information content (AvgIpc) is 2.70. The number of hydrogen-bond acceptors (Lipinski definition) is 5. The third kappa shape index (κ3) is 2.52. The number of carbonyl (C=O) groups is 1. The molecule has 6 heteroatoms. The first kappa shape index (κ1) is 12.9. The van der Waals surface area contributed by atoms with Crippen LogP contribution >= 0.6 is 0 Å². The van der Waals surface area contributed by atoms with Gasteiger partial charge in [-0.3, -0.25) is 4.68 Å². The maximum Gasteiger partial charge on any atom is 0.340 e. The number of aryl methyl sites for hydroxylation is 2. The Bertz CT molecular complexity index is 600. The van der Waals surface area contributed by atoms with E-state index in [1.54, 1.807) is 22.9 Å². The minimum atomic E-state index is -0.460. The molecule has 1 aromatic carbocycles. The number of nitrogens with one attached hydrogen (secondary N) is 1. The topological polar surface area (TPSA) is 82.2 Å². The highest BCUT2D eigenvalue weighted by Crippen LogP contribution is 2.26. The second-order valence-corrected chi connectivity index (χ2v) is 4.18. The molecule has 1 heterocycles. The fraction of sp³-hybridized carbons (Fsp3) is 0.231. The molecular formula is C13H16N4O2. The lowest BCUT2D eigenvalue weighted by molar-refractivity contribution is 0.0602. The average molecular weight is 260 g/mol. The summed E-state index contributed by atoms with van der Waals surface area (Å²) >= 11 is 0. The van der Waals surface area contributed by atoms with Gasteiger partial charge in [-0.1, -0.05) is 6.07 Å². The number of rotatable bonds is 3. The lowest BCUT2D eigenvalue weighted by Crippen LogP contribution is -2.07. The van der Waals surface area contributed by atoms with Crippen LogP contribution < -0.4 is 11.1 Å². The standard InChI is InChI=1S/C13H16N4O2/c1-8-7-11(16-17(8)2)15-10-6-4-5-9(12(10)14)13(18)19-3/h4-7H,14H2,1-3H3,(H,15,16). The van der Waals surface area contributed by atoms with E-state index in [9.17, 15) is 4.79 Å². The molecule has 100 valence electrons. The van der Waals surface area contributed by atoms with Crippen molar-refractivity contribution in [2.45, 2.75) is 6.92 Å². The van der Waals surface area contributed by atoms with Gasteiger partial charge in [0.1, 0.15) is 0 Å². The van der Waals surface area contributed by atoms with E-state index in [0.717, 1.165) is 5.69 Å². The lowest BCUT2D eigenvalue weighted by Gasteiger charge is -2.10. The Morgan fingerprint density at radius 2 is 2.21 bits per heavy atom. The van der Waals surface area contributed by atoms with Crippen molar-refractivity contribution in [3.05, 3.63) is 35.5 Å². The first-order chi connectivity index (χ1) is 9.02. The zero-order valence-electron chi connectivity index (χ0n) is 11.1. The maximum absolute atomic E-state index is 11.5. The summed E-state index contributed by atoms with van der Waals surface area (Å²) in [5.41, 5.74) is 8.28. The number of hydrogen-bond donors (Lipinski definition) is 2. The quantitative estimate of drug-likeness (QED) is 0.650. The van der Waals surface area contributed by atoms with Crippen LogP contribution in [0.3, 0.4) is 0 Å². The van der Waals surface area contributed by atoms with E-state index in [0.29, 0.717) is 22.8 Å². The number of nitrogens with two attached hydrogens (primary N) is 1. The molecule has 19 heavy (non-hydrogen) atoms. The van der Waals surface area contributed by atoms with Crippen LogP contribution in [-0.4, -0.2) is 22.9 Å². The molecular weight excluding hydrogens is 244 g/mol. The predicted molar refractivity (Wildman–Crippen MR) is 73.4 cm³/mol. The number of aromatic nitrogens is 2. The zero-order chi connectivity index (χ0) is 14.0. The first-order valence-corrected chi connectivity index (χ1v) is 5.77. The second kappa shape index (κ2) is 5.01. The smallest absolute Gasteiger partial charge is 0.340 e. The number of esters is 1. The van der Waals surface area contributed by atoms with E-state index >= 15 is 0 Å². The van der Waals surface area contributed by atoms with Gasteiger partial charge < -0.3 is 15.8 Å². The van der Waals surface area contributed by atoms with Gasteiger partial charge in [0.25, 0.3) is 0 Å². The van der Waals surface area contributed by atoms with E-state index < -0.39 is 5.97 Å². The van der Waals surface area contributed by atoms with Gasteiger partial charge in [0.05, 0.1) is 24.0 Å². The molecule has 0 unspecified atom stereocenters. The highest BCUT2D eigenvalue weighted by molar-refractivity contribution is 5.98. The number of carbonyl (C=O) groups excluding carboxylic acids is 1. The van der Waals surface area contributed by atoms with Crippen molar-refractivity contribution in [3.8, 4) is 0 Å². The largest absolute Gasteiger partial charge is 0.465 e. The molecule has 2 aromatic rings. The summed E-state index contributed by atoms with van der Waals surface area (Å²) in [6, 6.07) is 7.03. The van der Waals surface area contributed by atoms with Crippen molar-refractivity contribution in [2.75, 3.05) is 18.2 Å². The Morgan fingerprint density at radius 3 is 2.79 bits per heavy atom. The Labute approximate surface area is 111 Å². The summed E-state index contributed by atoms with van der Waals surface area (Å²) in [4.78, 5) is 11.5. The fourth-order valence-corrected chi connectivity index (χ4v) is 1.72. The molecule has 0 fully saturated rings. The van der Waals surface area contributed by atoms with Crippen LogP contribution in [0.1, 0.15) is 16.1 Å². The zero-order valence-corrected chi connectivity index (χ0v) is 11.1. The molecule has 0 aliphatic heterocycles. The van der Waals surface area contributed by atoms with Gasteiger partial charge in [-0.2, -0.15) is 5.10 Å². The molecule has 0 amide bonds. The highest BCUT2D eigenvalue weighted by atomic mass is 16.5. The van der Waals surface area contributed by atoms with Crippen molar-refractivity contribution >= 4 is 23.2 Å². The third-order valence-corrected chi connectivity index (χ3v) is 2.89. The summed E-state index contributed by atoms with van der Waals surface area (Å²) in [6.07, 6.45) is 0. The van der Waals surface area contributed by atoms with Crippen LogP contribution in [0.15, 0.2) is 24.3 Å². The van der Waals surface area contributed by atoms with Gasteiger partial charge in [-0.25, -0.2) is 4.79 Å². The molecule has 3 N–H and O–H groups in total. The van der Waals surface area contributed by atoms with Crippen LogP contribution in [0.2, 0.25) is 0 Å². The van der Waals surface area contributed by atoms with E-state index in [-0.39, 0.29) is 0 Å². The minimum Gasteiger partial charge on any atom is -0.465 e. The molecule has 0 bridgehead atoms. The van der Waals surface area contributed by atoms with Crippen molar-refractivity contribution in [2.24, 2.45) is 7.05 Å². The monoisotopic (exact) mass is 260 g/mol. The first-order valence-electron chi connectivity index (χ1n) is 5.77. The SMILES string of the molecule is COC(=O)c1cccc(Nc2cc(C)n(C)n2)c1N. The van der Waals surface area contributed by atoms with Crippen LogP contribution in [0, 0.1) is 6.92 Å². The number of anilines is 3. The second-order valence-electron chi connectivity index (χ2n) is 4.18. The maximum atomic E-state index is 11.5.